The smallest absolute Gasteiger partial charge is 0.249 e. The topological polar surface area (TPSA) is 46.9 Å². The molecular weight excluding hydrogens is 360 g/mol. The minimum Gasteiger partial charge on any atom is -0.304 e. The molecule has 0 saturated carbocycles. The second kappa shape index (κ2) is 7.93. The third kappa shape index (κ3) is 4.77. The first-order chi connectivity index (χ1) is 12.5. The molecule has 1 heterocycles. The molecule has 7 heteroatoms. The van der Waals surface area contributed by atoms with Gasteiger partial charge in [-0.3, -0.25) is 9.48 Å². The van der Waals surface area contributed by atoms with E-state index in [4.69, 9.17) is 11.6 Å². The van der Waals surface area contributed by atoms with Gasteiger partial charge in [-0.2, -0.15) is 5.10 Å². The number of halogens is 3. The lowest BCUT2D eigenvalue weighted by Crippen LogP contribution is -2.09. The number of carbonyl (C=O) groups is 1. The van der Waals surface area contributed by atoms with Crippen molar-refractivity contribution in [3.63, 3.8) is 0 Å². The van der Waals surface area contributed by atoms with Crippen LogP contribution in [0.3, 0.4) is 0 Å². The molecule has 0 bridgehead atoms. The SMILES string of the molecule is O=C(/C=C/c1ccc(F)cc1)Nc1nn(Cc2cccc(F)c2)cc1Cl. The summed E-state index contributed by atoms with van der Waals surface area (Å²) in [5, 5.41) is 7.03. The fraction of sp³-hybridized carbons (Fsp3) is 0.0526. The molecule has 0 fully saturated rings. The fourth-order valence-electron chi connectivity index (χ4n) is 2.29. The highest BCUT2D eigenvalue weighted by molar-refractivity contribution is 6.33. The summed E-state index contributed by atoms with van der Waals surface area (Å²) in [6.07, 6.45) is 4.40. The van der Waals surface area contributed by atoms with Crippen LogP contribution < -0.4 is 5.32 Å². The van der Waals surface area contributed by atoms with E-state index in [1.54, 1.807) is 36.5 Å². The van der Waals surface area contributed by atoms with E-state index < -0.39 is 5.91 Å². The Kier molecular flexibility index (Phi) is 5.43. The van der Waals surface area contributed by atoms with Gasteiger partial charge in [0.25, 0.3) is 0 Å². The first-order valence-corrected chi connectivity index (χ1v) is 8.09. The quantitative estimate of drug-likeness (QED) is 0.669. The van der Waals surface area contributed by atoms with E-state index in [1.807, 2.05) is 0 Å². The number of nitrogens with zero attached hydrogens (tertiary/aromatic N) is 2. The van der Waals surface area contributed by atoms with Crippen molar-refractivity contribution in [3.05, 3.63) is 88.6 Å². The van der Waals surface area contributed by atoms with Crippen LogP contribution in [0, 0.1) is 11.6 Å². The molecule has 3 aromatic rings. The average Bonchev–Trinajstić information content (AvgIpc) is 2.93. The maximum Gasteiger partial charge on any atom is 0.249 e. The van der Waals surface area contributed by atoms with Gasteiger partial charge in [0.2, 0.25) is 5.91 Å². The summed E-state index contributed by atoms with van der Waals surface area (Å²) in [5.74, 6) is -0.897. The van der Waals surface area contributed by atoms with Gasteiger partial charge in [-0.05, 0) is 41.5 Å². The predicted octanol–water partition coefficient (Wildman–Crippen LogP) is 4.51. The predicted molar refractivity (Wildman–Crippen MR) is 96.8 cm³/mol. The van der Waals surface area contributed by atoms with E-state index in [1.165, 1.54) is 35.0 Å². The first-order valence-electron chi connectivity index (χ1n) is 7.71. The van der Waals surface area contributed by atoms with Crippen molar-refractivity contribution in [3.8, 4) is 0 Å². The van der Waals surface area contributed by atoms with Crippen LogP contribution in [0.15, 0.2) is 60.8 Å². The Bertz CT molecular complexity index is 952. The standard InChI is InChI=1S/C19H14ClF2N3O/c20-17-12-25(11-14-2-1-3-16(22)10-14)24-19(17)23-18(26)9-6-13-4-7-15(21)8-5-13/h1-10,12H,11H2,(H,23,24,26)/b9-6+. The number of benzene rings is 2. The number of amides is 1. The maximum absolute atomic E-state index is 13.2. The molecule has 0 spiro atoms. The fourth-order valence-corrected chi connectivity index (χ4v) is 2.49. The molecule has 1 aromatic heterocycles. The van der Waals surface area contributed by atoms with Gasteiger partial charge in [0.1, 0.15) is 16.7 Å². The number of rotatable bonds is 5. The summed E-state index contributed by atoms with van der Waals surface area (Å²) in [6, 6.07) is 11.9. The van der Waals surface area contributed by atoms with E-state index in [0.29, 0.717) is 12.1 Å². The first kappa shape index (κ1) is 17.8. The summed E-state index contributed by atoms with van der Waals surface area (Å²) in [7, 11) is 0. The van der Waals surface area contributed by atoms with E-state index in [0.717, 1.165) is 5.56 Å². The molecule has 0 aliphatic rings. The molecule has 3 rings (SSSR count). The lowest BCUT2D eigenvalue weighted by molar-refractivity contribution is -0.111. The van der Waals surface area contributed by atoms with Crippen LogP contribution in [-0.2, 0) is 11.3 Å². The van der Waals surface area contributed by atoms with Gasteiger partial charge < -0.3 is 5.32 Å². The van der Waals surface area contributed by atoms with E-state index in [-0.39, 0.29) is 22.5 Å². The highest BCUT2D eigenvalue weighted by Gasteiger charge is 2.09. The summed E-state index contributed by atoms with van der Waals surface area (Å²) >= 11 is 6.08. The molecule has 2 aromatic carbocycles. The van der Waals surface area contributed by atoms with Crippen molar-refractivity contribution in [1.29, 1.82) is 0 Å². The van der Waals surface area contributed by atoms with Crippen molar-refractivity contribution in [2.24, 2.45) is 0 Å². The number of nitrogens with one attached hydrogen (secondary N) is 1. The summed E-state index contributed by atoms with van der Waals surface area (Å²) in [5.41, 5.74) is 1.41. The molecule has 0 unspecified atom stereocenters. The van der Waals surface area contributed by atoms with Gasteiger partial charge in [0.05, 0.1) is 6.54 Å². The molecule has 0 radical (unpaired) electrons. The number of carbonyl (C=O) groups excluding carboxylic acids is 1. The van der Waals surface area contributed by atoms with Gasteiger partial charge in [-0.1, -0.05) is 35.9 Å². The lowest BCUT2D eigenvalue weighted by Gasteiger charge is -2.02. The lowest BCUT2D eigenvalue weighted by atomic mass is 10.2. The Hall–Kier alpha value is -2.99. The average molecular weight is 374 g/mol. The van der Waals surface area contributed by atoms with Crippen molar-refractivity contribution in [2.75, 3.05) is 5.32 Å². The third-order valence-corrected chi connectivity index (χ3v) is 3.77. The maximum atomic E-state index is 13.2. The highest BCUT2D eigenvalue weighted by atomic mass is 35.5. The van der Waals surface area contributed by atoms with Gasteiger partial charge in [0, 0.05) is 12.3 Å². The Balaban J connectivity index is 1.65. The molecule has 4 nitrogen and oxygen atoms in total. The van der Waals surface area contributed by atoms with Gasteiger partial charge in [-0.25, -0.2) is 8.78 Å². The summed E-state index contributed by atoms with van der Waals surface area (Å²) in [4.78, 5) is 12.0. The normalized spacial score (nSPS) is 11.0. The number of aromatic nitrogens is 2. The number of hydrogen-bond acceptors (Lipinski definition) is 2. The Morgan fingerprint density at radius 1 is 1.15 bits per heavy atom. The van der Waals surface area contributed by atoms with Crippen molar-refractivity contribution in [1.82, 2.24) is 9.78 Å². The van der Waals surface area contributed by atoms with E-state index in [9.17, 15) is 13.6 Å². The number of hydrogen-bond donors (Lipinski definition) is 1. The zero-order chi connectivity index (χ0) is 18.5. The molecule has 1 N–H and O–H groups in total. The molecule has 1 amide bonds. The summed E-state index contributed by atoms with van der Waals surface area (Å²) < 4.78 is 27.6. The third-order valence-electron chi connectivity index (χ3n) is 3.49. The second-order valence-electron chi connectivity index (χ2n) is 5.53. The summed E-state index contributed by atoms with van der Waals surface area (Å²) in [6.45, 7) is 0.318. The van der Waals surface area contributed by atoms with Crippen molar-refractivity contribution >= 4 is 29.4 Å². The van der Waals surface area contributed by atoms with Crippen molar-refractivity contribution < 1.29 is 13.6 Å². The minimum absolute atomic E-state index is 0.205. The zero-order valence-corrected chi connectivity index (χ0v) is 14.3. The Morgan fingerprint density at radius 3 is 2.65 bits per heavy atom. The van der Waals surface area contributed by atoms with Crippen LogP contribution in [0.4, 0.5) is 14.6 Å². The largest absolute Gasteiger partial charge is 0.304 e. The zero-order valence-electron chi connectivity index (χ0n) is 13.5. The minimum atomic E-state index is -0.424. The Labute approximate surface area is 153 Å². The molecule has 0 atom stereocenters. The molecule has 26 heavy (non-hydrogen) atoms. The second-order valence-corrected chi connectivity index (χ2v) is 5.93. The van der Waals surface area contributed by atoms with Crippen LogP contribution >= 0.6 is 11.6 Å². The molecular formula is C19H14ClF2N3O. The van der Waals surface area contributed by atoms with Crippen LogP contribution in [0.1, 0.15) is 11.1 Å². The molecule has 0 saturated heterocycles. The van der Waals surface area contributed by atoms with Crippen LogP contribution in [-0.4, -0.2) is 15.7 Å². The van der Waals surface area contributed by atoms with Crippen molar-refractivity contribution in [2.45, 2.75) is 6.54 Å². The van der Waals surface area contributed by atoms with Crippen LogP contribution in [0.5, 0.6) is 0 Å². The monoisotopic (exact) mass is 373 g/mol. The Morgan fingerprint density at radius 2 is 1.92 bits per heavy atom. The van der Waals surface area contributed by atoms with Gasteiger partial charge >= 0.3 is 0 Å². The van der Waals surface area contributed by atoms with E-state index in [2.05, 4.69) is 10.4 Å². The van der Waals surface area contributed by atoms with Crippen LogP contribution in [0.2, 0.25) is 5.02 Å². The van der Waals surface area contributed by atoms with Gasteiger partial charge in [-0.15, -0.1) is 0 Å². The van der Waals surface area contributed by atoms with Crippen LogP contribution in [0.25, 0.3) is 6.08 Å². The van der Waals surface area contributed by atoms with E-state index >= 15 is 0 Å². The molecule has 132 valence electrons. The number of anilines is 1. The highest BCUT2D eigenvalue weighted by Crippen LogP contribution is 2.20. The molecule has 0 aliphatic carbocycles. The van der Waals surface area contributed by atoms with Gasteiger partial charge in [0.15, 0.2) is 5.82 Å². The molecule has 0 aliphatic heterocycles.